The standard InChI is InChI=1S/C19H20ClN5O2/c1-26-17-8-6-16(7-9-17)25-19(21-22-23-25)18(24-10-12-27-13-11-24)14-2-4-15(20)5-3-14/h2-9,18H,10-13H2,1H3/t18-/m1/s1. The summed E-state index contributed by atoms with van der Waals surface area (Å²) in [6.45, 7) is 2.99. The van der Waals surface area contributed by atoms with Gasteiger partial charge in [0.25, 0.3) is 0 Å². The normalized spacial score (nSPS) is 16.2. The lowest BCUT2D eigenvalue weighted by Crippen LogP contribution is -2.40. The van der Waals surface area contributed by atoms with Crippen LogP contribution in [-0.2, 0) is 4.74 Å². The number of halogens is 1. The Morgan fingerprint density at radius 2 is 1.74 bits per heavy atom. The molecule has 3 aromatic rings. The predicted molar refractivity (Wildman–Crippen MR) is 101 cm³/mol. The summed E-state index contributed by atoms with van der Waals surface area (Å²) in [5.74, 6) is 1.54. The van der Waals surface area contributed by atoms with E-state index in [2.05, 4.69) is 20.4 Å². The molecule has 7 nitrogen and oxygen atoms in total. The minimum Gasteiger partial charge on any atom is -0.497 e. The van der Waals surface area contributed by atoms with Crippen LogP contribution in [0.2, 0.25) is 5.02 Å². The van der Waals surface area contributed by atoms with E-state index < -0.39 is 0 Å². The highest BCUT2D eigenvalue weighted by molar-refractivity contribution is 6.30. The van der Waals surface area contributed by atoms with Gasteiger partial charge in [-0.05, 0) is 52.4 Å². The molecule has 2 heterocycles. The monoisotopic (exact) mass is 385 g/mol. The molecule has 0 bridgehead atoms. The Morgan fingerprint density at radius 1 is 1.04 bits per heavy atom. The van der Waals surface area contributed by atoms with Gasteiger partial charge in [0.1, 0.15) is 5.75 Å². The minimum atomic E-state index is -0.0942. The first-order chi connectivity index (χ1) is 13.3. The number of hydrogen-bond donors (Lipinski definition) is 0. The van der Waals surface area contributed by atoms with Crippen LogP contribution in [0.4, 0.5) is 0 Å². The van der Waals surface area contributed by atoms with Crippen LogP contribution in [0.15, 0.2) is 48.5 Å². The van der Waals surface area contributed by atoms with Crippen LogP contribution in [0.1, 0.15) is 17.4 Å². The Labute approximate surface area is 162 Å². The number of methoxy groups -OCH3 is 1. The summed E-state index contributed by atoms with van der Waals surface area (Å²) in [6.07, 6.45) is 0. The zero-order valence-corrected chi connectivity index (χ0v) is 15.7. The van der Waals surface area contributed by atoms with Gasteiger partial charge < -0.3 is 9.47 Å². The molecule has 0 N–H and O–H groups in total. The molecule has 1 atom stereocenters. The van der Waals surface area contributed by atoms with Gasteiger partial charge in [-0.1, -0.05) is 23.7 Å². The summed E-state index contributed by atoms with van der Waals surface area (Å²) in [5.41, 5.74) is 1.97. The molecule has 1 aliphatic heterocycles. The van der Waals surface area contributed by atoms with Gasteiger partial charge >= 0.3 is 0 Å². The molecule has 0 unspecified atom stereocenters. The van der Waals surface area contributed by atoms with Crippen molar-refractivity contribution in [1.29, 1.82) is 0 Å². The highest BCUT2D eigenvalue weighted by Crippen LogP contribution is 2.30. The van der Waals surface area contributed by atoms with E-state index in [1.807, 2.05) is 48.5 Å². The van der Waals surface area contributed by atoms with E-state index in [-0.39, 0.29) is 6.04 Å². The molecule has 140 valence electrons. The summed E-state index contributed by atoms with van der Waals surface area (Å²) < 4.78 is 12.5. The van der Waals surface area contributed by atoms with E-state index in [4.69, 9.17) is 21.1 Å². The lowest BCUT2D eigenvalue weighted by atomic mass is 10.0. The quantitative estimate of drug-likeness (QED) is 0.672. The number of hydrogen-bond acceptors (Lipinski definition) is 6. The molecule has 1 saturated heterocycles. The lowest BCUT2D eigenvalue weighted by Gasteiger charge is -2.33. The molecule has 0 saturated carbocycles. The SMILES string of the molecule is COc1ccc(-n2nnnc2[C@@H](c2ccc(Cl)cc2)N2CCOCC2)cc1. The Hall–Kier alpha value is -2.48. The second kappa shape index (κ2) is 8.04. The lowest BCUT2D eigenvalue weighted by molar-refractivity contribution is 0.0220. The van der Waals surface area contributed by atoms with Gasteiger partial charge in [0.15, 0.2) is 5.82 Å². The van der Waals surface area contributed by atoms with Gasteiger partial charge in [0.2, 0.25) is 0 Å². The van der Waals surface area contributed by atoms with Crippen molar-refractivity contribution >= 4 is 11.6 Å². The van der Waals surface area contributed by atoms with Crippen molar-refractivity contribution in [3.63, 3.8) is 0 Å². The predicted octanol–water partition coefficient (Wildman–Crippen LogP) is 2.75. The molecular formula is C19H20ClN5O2. The second-order valence-electron chi connectivity index (χ2n) is 6.25. The van der Waals surface area contributed by atoms with Crippen LogP contribution < -0.4 is 4.74 Å². The van der Waals surface area contributed by atoms with Gasteiger partial charge in [-0.3, -0.25) is 4.90 Å². The molecule has 4 rings (SSSR count). The molecule has 1 aliphatic rings. The van der Waals surface area contributed by atoms with Gasteiger partial charge in [-0.25, -0.2) is 0 Å². The fourth-order valence-corrected chi connectivity index (χ4v) is 3.40. The first-order valence-corrected chi connectivity index (χ1v) is 9.14. The Morgan fingerprint density at radius 3 is 2.41 bits per heavy atom. The highest BCUT2D eigenvalue weighted by atomic mass is 35.5. The van der Waals surface area contributed by atoms with Crippen molar-refractivity contribution in [3.8, 4) is 11.4 Å². The second-order valence-corrected chi connectivity index (χ2v) is 6.69. The van der Waals surface area contributed by atoms with E-state index in [1.54, 1.807) is 11.8 Å². The third-order valence-electron chi connectivity index (χ3n) is 4.65. The fraction of sp³-hybridized carbons (Fsp3) is 0.316. The molecule has 0 spiro atoms. The van der Waals surface area contributed by atoms with Crippen LogP contribution in [-0.4, -0.2) is 58.5 Å². The topological polar surface area (TPSA) is 65.3 Å². The molecule has 0 aliphatic carbocycles. The third-order valence-corrected chi connectivity index (χ3v) is 4.90. The number of ether oxygens (including phenoxy) is 2. The van der Waals surface area contributed by atoms with Gasteiger partial charge in [-0.15, -0.1) is 5.10 Å². The highest BCUT2D eigenvalue weighted by Gasteiger charge is 2.29. The summed E-state index contributed by atoms with van der Waals surface area (Å²) in [5, 5.41) is 13.2. The van der Waals surface area contributed by atoms with E-state index >= 15 is 0 Å². The summed E-state index contributed by atoms with van der Waals surface area (Å²) in [7, 11) is 1.65. The maximum Gasteiger partial charge on any atom is 0.178 e. The maximum absolute atomic E-state index is 6.09. The summed E-state index contributed by atoms with van der Waals surface area (Å²) in [4.78, 5) is 2.33. The largest absolute Gasteiger partial charge is 0.497 e. The Balaban J connectivity index is 1.76. The summed E-state index contributed by atoms with van der Waals surface area (Å²) >= 11 is 6.09. The van der Waals surface area contributed by atoms with Crippen molar-refractivity contribution in [1.82, 2.24) is 25.1 Å². The number of benzene rings is 2. The van der Waals surface area contributed by atoms with Crippen molar-refractivity contribution < 1.29 is 9.47 Å². The zero-order chi connectivity index (χ0) is 18.6. The maximum atomic E-state index is 6.09. The molecule has 1 aromatic heterocycles. The molecule has 0 amide bonds. The van der Waals surface area contributed by atoms with Crippen LogP contribution in [0, 0.1) is 0 Å². The molecule has 8 heteroatoms. The third kappa shape index (κ3) is 3.80. The van der Waals surface area contributed by atoms with E-state index in [1.165, 1.54) is 0 Å². The molecular weight excluding hydrogens is 366 g/mol. The molecule has 2 aromatic carbocycles. The number of tetrazole rings is 1. The Bertz CT molecular complexity index is 876. The number of morpholine rings is 1. The molecule has 27 heavy (non-hydrogen) atoms. The van der Waals surface area contributed by atoms with E-state index in [0.717, 1.165) is 35.9 Å². The average Bonchev–Trinajstić information content (AvgIpc) is 3.20. The van der Waals surface area contributed by atoms with Crippen molar-refractivity contribution in [2.45, 2.75) is 6.04 Å². The van der Waals surface area contributed by atoms with Crippen molar-refractivity contribution in [3.05, 3.63) is 64.9 Å². The van der Waals surface area contributed by atoms with Crippen LogP contribution >= 0.6 is 11.6 Å². The number of rotatable bonds is 5. The van der Waals surface area contributed by atoms with Crippen LogP contribution in [0.5, 0.6) is 5.75 Å². The summed E-state index contributed by atoms with van der Waals surface area (Å²) in [6, 6.07) is 15.4. The van der Waals surface area contributed by atoms with Crippen LogP contribution in [0.3, 0.4) is 0 Å². The van der Waals surface area contributed by atoms with Crippen molar-refractivity contribution in [2.75, 3.05) is 33.4 Å². The van der Waals surface area contributed by atoms with Gasteiger partial charge in [0, 0.05) is 18.1 Å². The van der Waals surface area contributed by atoms with E-state index in [0.29, 0.717) is 18.2 Å². The molecule has 1 fully saturated rings. The zero-order valence-electron chi connectivity index (χ0n) is 15.0. The van der Waals surface area contributed by atoms with E-state index in [9.17, 15) is 0 Å². The minimum absolute atomic E-state index is 0.0942. The van der Waals surface area contributed by atoms with Crippen LogP contribution in [0.25, 0.3) is 5.69 Å². The smallest absolute Gasteiger partial charge is 0.178 e. The first kappa shape index (κ1) is 17.9. The Kier molecular flexibility index (Phi) is 5.33. The van der Waals surface area contributed by atoms with Gasteiger partial charge in [0.05, 0.1) is 32.1 Å². The average molecular weight is 386 g/mol. The fourth-order valence-electron chi connectivity index (χ4n) is 3.28. The van der Waals surface area contributed by atoms with Gasteiger partial charge in [-0.2, -0.15) is 4.68 Å². The number of aromatic nitrogens is 4. The first-order valence-electron chi connectivity index (χ1n) is 8.76. The molecule has 0 radical (unpaired) electrons. The van der Waals surface area contributed by atoms with Crippen molar-refractivity contribution in [2.24, 2.45) is 0 Å². The number of nitrogens with zero attached hydrogens (tertiary/aromatic N) is 5.